The lowest BCUT2D eigenvalue weighted by Gasteiger charge is -2.24. The standard InChI is InChI=1S/C36H28N2O2/c37-28-22-21-27(29(23-13-5-1-6-14-23)30(28)24-15-7-2-8-16-24)33-31(25-17-9-3-10-18-25)32(26-19-11-4-12-20-26)34(38)36(40)35(33)39/h1-22,39-40H,37-38H2. The zero-order valence-corrected chi connectivity index (χ0v) is 21.8. The van der Waals surface area contributed by atoms with Gasteiger partial charge < -0.3 is 21.7 Å². The fraction of sp³-hybridized carbons (Fsp3) is 0. The zero-order chi connectivity index (χ0) is 27.6. The van der Waals surface area contributed by atoms with E-state index in [-0.39, 0.29) is 17.2 Å². The Morgan fingerprint density at radius 1 is 0.350 bits per heavy atom. The molecular formula is C36H28N2O2. The molecule has 6 aromatic rings. The van der Waals surface area contributed by atoms with Crippen molar-refractivity contribution in [3.05, 3.63) is 133 Å². The number of nitrogen functional groups attached to an aromatic ring is 2. The predicted molar refractivity (Wildman–Crippen MR) is 166 cm³/mol. The molecule has 194 valence electrons. The fourth-order valence-electron chi connectivity index (χ4n) is 5.45. The molecule has 0 aliphatic heterocycles. The molecule has 6 rings (SSSR count). The van der Waals surface area contributed by atoms with E-state index < -0.39 is 0 Å². The second-order valence-corrected chi connectivity index (χ2v) is 9.65. The summed E-state index contributed by atoms with van der Waals surface area (Å²) < 4.78 is 0. The summed E-state index contributed by atoms with van der Waals surface area (Å²) in [4.78, 5) is 0. The summed E-state index contributed by atoms with van der Waals surface area (Å²) in [6, 6.07) is 43.2. The number of anilines is 2. The Morgan fingerprint density at radius 2 is 0.750 bits per heavy atom. The lowest BCUT2D eigenvalue weighted by Crippen LogP contribution is -2.01. The topological polar surface area (TPSA) is 92.5 Å². The average molecular weight is 521 g/mol. The molecule has 4 heteroatoms. The Labute approximate surface area is 233 Å². The molecule has 0 aliphatic carbocycles. The van der Waals surface area contributed by atoms with Crippen molar-refractivity contribution in [3.8, 4) is 67.1 Å². The van der Waals surface area contributed by atoms with Gasteiger partial charge in [0, 0.05) is 27.9 Å². The van der Waals surface area contributed by atoms with E-state index in [1.165, 1.54) is 0 Å². The van der Waals surface area contributed by atoms with Crippen molar-refractivity contribution in [1.29, 1.82) is 0 Å². The number of hydrogen-bond donors (Lipinski definition) is 4. The molecule has 0 amide bonds. The van der Waals surface area contributed by atoms with Crippen LogP contribution in [0, 0.1) is 0 Å². The molecule has 0 fully saturated rings. The molecule has 6 aromatic carbocycles. The molecular weight excluding hydrogens is 492 g/mol. The fourth-order valence-corrected chi connectivity index (χ4v) is 5.45. The van der Waals surface area contributed by atoms with E-state index in [0.29, 0.717) is 16.8 Å². The van der Waals surface area contributed by atoms with Crippen LogP contribution in [-0.4, -0.2) is 10.2 Å². The monoisotopic (exact) mass is 520 g/mol. The molecule has 0 atom stereocenters. The summed E-state index contributed by atoms with van der Waals surface area (Å²) in [6.45, 7) is 0. The summed E-state index contributed by atoms with van der Waals surface area (Å²) in [6.07, 6.45) is 0. The van der Waals surface area contributed by atoms with Gasteiger partial charge in [-0.05, 0) is 39.4 Å². The first kappa shape index (κ1) is 24.8. The van der Waals surface area contributed by atoms with Crippen molar-refractivity contribution in [2.75, 3.05) is 11.5 Å². The van der Waals surface area contributed by atoms with Crippen LogP contribution < -0.4 is 11.5 Å². The van der Waals surface area contributed by atoms with E-state index in [0.717, 1.165) is 44.5 Å². The molecule has 0 aromatic heterocycles. The van der Waals surface area contributed by atoms with Crippen LogP contribution in [-0.2, 0) is 0 Å². The highest BCUT2D eigenvalue weighted by Crippen LogP contribution is 2.56. The highest BCUT2D eigenvalue weighted by Gasteiger charge is 2.28. The first-order valence-electron chi connectivity index (χ1n) is 13.1. The second kappa shape index (κ2) is 10.4. The largest absolute Gasteiger partial charge is 0.504 e. The van der Waals surface area contributed by atoms with Gasteiger partial charge in [-0.2, -0.15) is 0 Å². The smallest absolute Gasteiger partial charge is 0.182 e. The molecule has 0 aliphatic rings. The van der Waals surface area contributed by atoms with Gasteiger partial charge in [0.15, 0.2) is 11.5 Å². The number of nitrogens with two attached hydrogens (primary N) is 2. The lowest BCUT2D eigenvalue weighted by atomic mass is 9.81. The van der Waals surface area contributed by atoms with Crippen molar-refractivity contribution in [2.24, 2.45) is 0 Å². The minimum atomic E-state index is -0.356. The van der Waals surface area contributed by atoms with Crippen LogP contribution in [0.5, 0.6) is 11.5 Å². The van der Waals surface area contributed by atoms with E-state index in [2.05, 4.69) is 0 Å². The number of hydrogen-bond acceptors (Lipinski definition) is 4. The van der Waals surface area contributed by atoms with Crippen LogP contribution in [0.2, 0.25) is 0 Å². The van der Waals surface area contributed by atoms with Crippen molar-refractivity contribution >= 4 is 11.4 Å². The average Bonchev–Trinajstić information content (AvgIpc) is 3.01. The van der Waals surface area contributed by atoms with E-state index in [9.17, 15) is 10.2 Å². The molecule has 0 radical (unpaired) electrons. The third-order valence-corrected chi connectivity index (χ3v) is 7.24. The van der Waals surface area contributed by atoms with Gasteiger partial charge in [-0.15, -0.1) is 0 Å². The third kappa shape index (κ3) is 4.22. The first-order chi connectivity index (χ1) is 19.6. The van der Waals surface area contributed by atoms with Crippen LogP contribution in [0.1, 0.15) is 0 Å². The highest BCUT2D eigenvalue weighted by atomic mass is 16.3. The maximum atomic E-state index is 11.7. The summed E-state index contributed by atoms with van der Waals surface area (Å²) in [5.74, 6) is -0.636. The van der Waals surface area contributed by atoms with Gasteiger partial charge in [0.05, 0.1) is 5.69 Å². The Bertz CT molecular complexity index is 1800. The second-order valence-electron chi connectivity index (χ2n) is 9.65. The van der Waals surface area contributed by atoms with Crippen molar-refractivity contribution in [1.82, 2.24) is 0 Å². The van der Waals surface area contributed by atoms with Crippen molar-refractivity contribution < 1.29 is 10.2 Å². The first-order valence-corrected chi connectivity index (χ1v) is 13.1. The van der Waals surface area contributed by atoms with Crippen molar-refractivity contribution in [3.63, 3.8) is 0 Å². The van der Waals surface area contributed by atoms with Gasteiger partial charge in [0.1, 0.15) is 0 Å². The number of phenolic OH excluding ortho intramolecular Hbond substituents is 2. The minimum absolute atomic E-state index is 0.117. The maximum Gasteiger partial charge on any atom is 0.182 e. The zero-order valence-electron chi connectivity index (χ0n) is 21.8. The molecule has 0 saturated heterocycles. The van der Waals surface area contributed by atoms with Gasteiger partial charge in [0.2, 0.25) is 0 Å². The van der Waals surface area contributed by atoms with E-state index >= 15 is 0 Å². The van der Waals surface area contributed by atoms with E-state index in [1.54, 1.807) is 0 Å². The number of benzene rings is 6. The van der Waals surface area contributed by atoms with Gasteiger partial charge in [-0.3, -0.25) is 0 Å². The van der Waals surface area contributed by atoms with Crippen LogP contribution in [0.3, 0.4) is 0 Å². The molecule has 40 heavy (non-hydrogen) atoms. The number of aromatic hydroxyl groups is 2. The number of phenols is 2. The maximum absolute atomic E-state index is 11.7. The van der Waals surface area contributed by atoms with Crippen molar-refractivity contribution in [2.45, 2.75) is 0 Å². The van der Waals surface area contributed by atoms with Crippen LogP contribution >= 0.6 is 0 Å². The summed E-state index contributed by atoms with van der Waals surface area (Å²) in [7, 11) is 0. The SMILES string of the molecule is Nc1ccc(-c2c(O)c(O)c(N)c(-c3ccccc3)c2-c2ccccc2)c(-c2ccccc2)c1-c1ccccc1. The van der Waals surface area contributed by atoms with Gasteiger partial charge >= 0.3 is 0 Å². The third-order valence-electron chi connectivity index (χ3n) is 7.24. The normalized spacial score (nSPS) is 10.9. The lowest BCUT2D eigenvalue weighted by molar-refractivity contribution is 0.407. The van der Waals surface area contributed by atoms with Crippen LogP contribution in [0.4, 0.5) is 11.4 Å². The predicted octanol–water partition coefficient (Wildman–Crippen LogP) is 8.60. The van der Waals surface area contributed by atoms with E-state index in [1.807, 2.05) is 133 Å². The van der Waals surface area contributed by atoms with Gasteiger partial charge in [0.25, 0.3) is 0 Å². The molecule has 6 N–H and O–H groups in total. The van der Waals surface area contributed by atoms with Crippen LogP contribution in [0.25, 0.3) is 55.6 Å². The summed E-state index contributed by atoms with van der Waals surface area (Å²) in [5, 5.41) is 23.0. The molecule has 4 nitrogen and oxygen atoms in total. The van der Waals surface area contributed by atoms with Crippen LogP contribution in [0.15, 0.2) is 133 Å². The Hall–Kier alpha value is -5.48. The molecule has 0 heterocycles. The highest BCUT2D eigenvalue weighted by molar-refractivity contribution is 6.09. The Kier molecular flexibility index (Phi) is 6.43. The molecule has 0 unspecified atom stereocenters. The Morgan fingerprint density at radius 3 is 1.23 bits per heavy atom. The molecule has 0 bridgehead atoms. The minimum Gasteiger partial charge on any atom is -0.504 e. The summed E-state index contributed by atoms with van der Waals surface area (Å²) in [5.41, 5.74) is 21.8. The Balaban J connectivity index is 1.82. The quantitative estimate of drug-likeness (QED) is 0.135. The molecule has 0 spiro atoms. The van der Waals surface area contributed by atoms with E-state index in [4.69, 9.17) is 11.5 Å². The molecule has 0 saturated carbocycles. The number of rotatable bonds is 5. The van der Waals surface area contributed by atoms with Gasteiger partial charge in [-0.1, -0.05) is 127 Å². The van der Waals surface area contributed by atoms with Gasteiger partial charge in [-0.25, -0.2) is 0 Å². The summed E-state index contributed by atoms with van der Waals surface area (Å²) >= 11 is 0.